The standard InChI is InChI=1S/C24H39NO7/c1-15(2)6-7-16(3)23(4,29)20-19(30-5)18(8-11-24(20)14-31-24)32-22(28)25-12-9-17(10-13-25)21(26)27/h6,16-20,29H,7-14H2,1-5H3,(H,26,27)/t16?,18-,19-,20-,23+,24+/m1/s1. The van der Waals surface area contributed by atoms with Gasteiger partial charge in [0.05, 0.1) is 23.7 Å². The second kappa shape index (κ2) is 9.69. The Bertz CT molecular complexity index is 718. The number of allylic oxidation sites excluding steroid dienone is 2. The van der Waals surface area contributed by atoms with Crippen LogP contribution < -0.4 is 0 Å². The summed E-state index contributed by atoms with van der Waals surface area (Å²) < 4.78 is 17.6. The van der Waals surface area contributed by atoms with Gasteiger partial charge in [0.15, 0.2) is 0 Å². The number of nitrogens with zero attached hydrogens (tertiary/aromatic N) is 1. The third-order valence-corrected chi connectivity index (χ3v) is 7.76. The molecule has 0 aromatic heterocycles. The highest BCUT2D eigenvalue weighted by molar-refractivity contribution is 5.71. The lowest BCUT2D eigenvalue weighted by Crippen LogP contribution is -2.61. The number of rotatable bonds is 7. The summed E-state index contributed by atoms with van der Waals surface area (Å²) in [5.41, 5.74) is -0.310. The SMILES string of the molecule is CO[C@@H]1[C@H](OC(=O)N2CCC(C(=O)O)CC2)CC[C@]2(CO2)[C@H]1[C@@](C)(O)C(C)CC=C(C)C. The molecule has 1 unspecified atom stereocenters. The number of carbonyl (C=O) groups excluding carboxylic acids is 1. The monoisotopic (exact) mass is 453 g/mol. The van der Waals surface area contributed by atoms with E-state index in [9.17, 15) is 19.8 Å². The molecule has 1 amide bonds. The van der Waals surface area contributed by atoms with E-state index in [1.807, 2.05) is 27.7 Å². The van der Waals surface area contributed by atoms with Crippen molar-refractivity contribution in [1.29, 1.82) is 0 Å². The van der Waals surface area contributed by atoms with Crippen molar-refractivity contribution in [3.05, 3.63) is 11.6 Å². The molecule has 0 bridgehead atoms. The minimum atomic E-state index is -1.08. The van der Waals surface area contributed by atoms with Crippen molar-refractivity contribution < 1.29 is 34.0 Å². The highest BCUT2D eigenvalue weighted by Gasteiger charge is 2.65. The van der Waals surface area contributed by atoms with Crippen molar-refractivity contribution in [1.82, 2.24) is 4.90 Å². The molecule has 0 radical (unpaired) electrons. The molecule has 3 aliphatic rings. The van der Waals surface area contributed by atoms with E-state index in [2.05, 4.69) is 6.08 Å². The van der Waals surface area contributed by atoms with E-state index in [1.165, 1.54) is 5.57 Å². The van der Waals surface area contributed by atoms with Gasteiger partial charge in [0.1, 0.15) is 12.2 Å². The third-order valence-electron chi connectivity index (χ3n) is 7.76. The van der Waals surface area contributed by atoms with E-state index in [1.54, 1.807) is 12.0 Å². The number of likely N-dealkylation sites (tertiary alicyclic amines) is 1. The second-order valence-corrected chi connectivity index (χ2v) is 10.2. The number of ether oxygens (including phenoxy) is 3. The van der Waals surface area contributed by atoms with E-state index in [0.717, 1.165) is 6.42 Å². The Morgan fingerprint density at radius 2 is 1.91 bits per heavy atom. The minimum absolute atomic E-state index is 0.0365. The highest BCUT2D eigenvalue weighted by atomic mass is 16.6. The van der Waals surface area contributed by atoms with Crippen molar-refractivity contribution >= 4 is 12.1 Å². The number of carboxylic acid groups (broad SMARTS) is 1. The Morgan fingerprint density at radius 3 is 2.41 bits per heavy atom. The van der Waals surface area contributed by atoms with Gasteiger partial charge in [-0.25, -0.2) is 4.79 Å². The molecular weight excluding hydrogens is 414 g/mol. The molecule has 3 fully saturated rings. The summed E-state index contributed by atoms with van der Waals surface area (Å²) in [5, 5.41) is 20.9. The normalized spacial score (nSPS) is 33.3. The number of aliphatic carboxylic acids is 1. The number of amides is 1. The van der Waals surface area contributed by atoms with Crippen LogP contribution in [0.5, 0.6) is 0 Å². The van der Waals surface area contributed by atoms with Crippen molar-refractivity contribution in [2.24, 2.45) is 17.8 Å². The lowest BCUT2D eigenvalue weighted by molar-refractivity contribution is -0.179. The fourth-order valence-corrected chi connectivity index (χ4v) is 5.39. The molecule has 8 heteroatoms. The number of hydrogen-bond acceptors (Lipinski definition) is 6. The molecule has 2 heterocycles. The van der Waals surface area contributed by atoms with E-state index in [0.29, 0.717) is 45.4 Å². The van der Waals surface area contributed by atoms with Gasteiger partial charge in [-0.1, -0.05) is 18.6 Å². The Hall–Kier alpha value is -1.64. The summed E-state index contributed by atoms with van der Waals surface area (Å²) in [6.45, 7) is 9.27. The van der Waals surface area contributed by atoms with Crippen LogP contribution in [0.3, 0.4) is 0 Å². The molecule has 0 aromatic rings. The maximum Gasteiger partial charge on any atom is 0.410 e. The Kier molecular flexibility index (Phi) is 7.57. The molecule has 1 aliphatic carbocycles. The number of piperidine rings is 1. The van der Waals surface area contributed by atoms with Crippen LogP contribution in [0, 0.1) is 17.8 Å². The predicted octanol–water partition coefficient (Wildman–Crippen LogP) is 3.23. The predicted molar refractivity (Wildman–Crippen MR) is 118 cm³/mol. The Labute approximate surface area is 190 Å². The van der Waals surface area contributed by atoms with E-state index >= 15 is 0 Å². The van der Waals surface area contributed by atoms with Crippen LogP contribution in [0.25, 0.3) is 0 Å². The molecule has 1 saturated carbocycles. The van der Waals surface area contributed by atoms with Gasteiger partial charge in [0, 0.05) is 26.1 Å². The lowest BCUT2D eigenvalue weighted by Gasteiger charge is -2.49. The van der Waals surface area contributed by atoms with E-state index < -0.39 is 41.4 Å². The molecule has 0 aromatic carbocycles. The summed E-state index contributed by atoms with van der Waals surface area (Å²) in [6.07, 6.45) is 3.60. The van der Waals surface area contributed by atoms with Crippen LogP contribution in [-0.2, 0) is 19.0 Å². The fourth-order valence-electron chi connectivity index (χ4n) is 5.39. The van der Waals surface area contributed by atoms with Crippen LogP contribution in [0.15, 0.2) is 11.6 Å². The number of carbonyl (C=O) groups is 2. The van der Waals surface area contributed by atoms with Crippen molar-refractivity contribution in [2.45, 2.75) is 83.2 Å². The Balaban J connectivity index is 1.71. The van der Waals surface area contributed by atoms with E-state index in [-0.39, 0.29) is 11.8 Å². The molecular formula is C24H39NO7. The molecule has 6 atom stereocenters. The van der Waals surface area contributed by atoms with Crippen molar-refractivity contribution in [3.63, 3.8) is 0 Å². The molecule has 3 rings (SSSR count). The smallest absolute Gasteiger partial charge is 0.410 e. The van der Waals surface area contributed by atoms with Crippen molar-refractivity contribution in [3.8, 4) is 0 Å². The van der Waals surface area contributed by atoms with Gasteiger partial charge < -0.3 is 29.3 Å². The number of epoxide rings is 1. The van der Waals surface area contributed by atoms with Crippen LogP contribution in [0.1, 0.15) is 59.8 Å². The van der Waals surface area contributed by atoms with Gasteiger partial charge in [0.2, 0.25) is 0 Å². The van der Waals surface area contributed by atoms with Gasteiger partial charge in [0.25, 0.3) is 0 Å². The number of methoxy groups -OCH3 is 1. The molecule has 32 heavy (non-hydrogen) atoms. The molecule has 182 valence electrons. The van der Waals surface area contributed by atoms with Gasteiger partial charge >= 0.3 is 12.1 Å². The summed E-state index contributed by atoms with van der Waals surface area (Å²) in [4.78, 5) is 25.6. The first kappa shape index (κ1) is 25.0. The first-order valence-corrected chi connectivity index (χ1v) is 11.7. The number of carboxylic acids is 1. The summed E-state index contributed by atoms with van der Waals surface area (Å²) in [5.74, 6) is -1.59. The fraction of sp³-hybridized carbons (Fsp3) is 0.833. The molecule has 2 aliphatic heterocycles. The Morgan fingerprint density at radius 1 is 1.28 bits per heavy atom. The topological polar surface area (TPSA) is 109 Å². The first-order valence-electron chi connectivity index (χ1n) is 11.7. The molecule has 1 spiro atoms. The largest absolute Gasteiger partial charge is 0.481 e. The van der Waals surface area contributed by atoms with E-state index in [4.69, 9.17) is 14.2 Å². The zero-order valence-electron chi connectivity index (χ0n) is 20.0. The summed E-state index contributed by atoms with van der Waals surface area (Å²) >= 11 is 0. The number of aliphatic hydroxyl groups is 1. The van der Waals surface area contributed by atoms with Gasteiger partial charge in [-0.3, -0.25) is 4.79 Å². The van der Waals surface area contributed by atoms with Crippen LogP contribution in [0.2, 0.25) is 0 Å². The molecule has 2 saturated heterocycles. The average Bonchev–Trinajstić information content (AvgIpc) is 3.52. The molecule has 2 N–H and O–H groups in total. The average molecular weight is 454 g/mol. The van der Waals surface area contributed by atoms with Crippen LogP contribution in [-0.4, -0.2) is 77.4 Å². The third kappa shape index (κ3) is 5.13. The lowest BCUT2D eigenvalue weighted by atomic mass is 9.63. The zero-order chi connectivity index (χ0) is 23.7. The first-order chi connectivity index (χ1) is 15.0. The van der Waals surface area contributed by atoms with Crippen LogP contribution >= 0.6 is 0 Å². The number of hydrogen-bond donors (Lipinski definition) is 2. The zero-order valence-corrected chi connectivity index (χ0v) is 20.0. The van der Waals surface area contributed by atoms with Crippen LogP contribution in [0.4, 0.5) is 4.79 Å². The maximum atomic E-state index is 12.8. The second-order valence-electron chi connectivity index (χ2n) is 10.2. The molecule has 8 nitrogen and oxygen atoms in total. The van der Waals surface area contributed by atoms with Crippen molar-refractivity contribution in [2.75, 3.05) is 26.8 Å². The van der Waals surface area contributed by atoms with Gasteiger partial charge in [-0.2, -0.15) is 0 Å². The maximum absolute atomic E-state index is 12.8. The summed E-state index contributed by atoms with van der Waals surface area (Å²) in [7, 11) is 1.59. The highest BCUT2D eigenvalue weighted by Crippen LogP contribution is 2.54. The summed E-state index contributed by atoms with van der Waals surface area (Å²) in [6, 6.07) is 0. The van der Waals surface area contributed by atoms with Gasteiger partial charge in [-0.15, -0.1) is 0 Å². The minimum Gasteiger partial charge on any atom is -0.481 e. The van der Waals surface area contributed by atoms with Gasteiger partial charge in [-0.05, 0) is 58.8 Å². The quantitative estimate of drug-likeness (QED) is 0.450.